The van der Waals surface area contributed by atoms with Gasteiger partial charge in [0.25, 0.3) is 0 Å². The number of hydrogen-bond acceptors (Lipinski definition) is 3. The molecule has 1 aliphatic carbocycles. The van der Waals surface area contributed by atoms with Gasteiger partial charge in [-0.15, -0.1) is 0 Å². The maximum absolute atomic E-state index is 12.4. The summed E-state index contributed by atoms with van der Waals surface area (Å²) in [6.45, 7) is 3.59. The Bertz CT molecular complexity index is 609. The second kappa shape index (κ2) is 7.70. The van der Waals surface area contributed by atoms with Crippen molar-refractivity contribution < 1.29 is 4.79 Å². The first-order valence-electron chi connectivity index (χ1n) is 8.29. The minimum atomic E-state index is -0.464. The smallest absolute Gasteiger partial charge is 0.155 e. The lowest BCUT2D eigenvalue weighted by atomic mass is 9.89. The van der Waals surface area contributed by atoms with Crippen LogP contribution in [0.1, 0.15) is 57.9 Å². The van der Waals surface area contributed by atoms with Crippen LogP contribution in [0.25, 0.3) is 0 Å². The summed E-state index contributed by atoms with van der Waals surface area (Å²) in [7, 11) is 0. The molecule has 1 fully saturated rings. The third-order valence-corrected chi connectivity index (χ3v) is 4.96. The van der Waals surface area contributed by atoms with Gasteiger partial charge in [-0.3, -0.25) is 4.79 Å². The van der Waals surface area contributed by atoms with Gasteiger partial charge >= 0.3 is 0 Å². The predicted molar refractivity (Wildman–Crippen MR) is 97.6 cm³/mol. The molecule has 0 saturated heterocycles. The lowest BCUT2D eigenvalue weighted by molar-refractivity contribution is -0.121. The molecule has 3 nitrogen and oxygen atoms in total. The number of hydrogen-bond donors (Lipinski definition) is 0. The molecule has 0 aliphatic heterocycles. The number of carbonyl (C=O) groups is 1. The van der Waals surface area contributed by atoms with Gasteiger partial charge < -0.3 is 4.90 Å². The van der Waals surface area contributed by atoms with Crippen LogP contribution in [0.15, 0.2) is 24.3 Å². The number of Topliss-reactive ketones (excluding diaryl/α,β-unsaturated/α-hetero) is 1. The standard InChI is InChI=1S/C19H24N2OS/c1-15(22)19(12-4-5-13-19)21(16(2)23)18-10-8-17(9-11-18)7-3-6-14-20/h8-11H,3-7,12-13H2,1-2H3. The lowest BCUT2D eigenvalue weighted by Gasteiger charge is -2.40. The van der Waals surface area contributed by atoms with E-state index in [2.05, 4.69) is 35.2 Å². The number of nitriles is 1. The summed E-state index contributed by atoms with van der Waals surface area (Å²) >= 11 is 5.48. The number of nitrogens with zero attached hydrogens (tertiary/aromatic N) is 2. The van der Waals surface area contributed by atoms with Crippen molar-refractivity contribution in [2.45, 2.75) is 64.3 Å². The van der Waals surface area contributed by atoms with E-state index >= 15 is 0 Å². The van der Waals surface area contributed by atoms with Crippen LogP contribution < -0.4 is 4.90 Å². The quantitative estimate of drug-likeness (QED) is 0.566. The third kappa shape index (κ3) is 3.79. The van der Waals surface area contributed by atoms with Crippen molar-refractivity contribution in [3.05, 3.63) is 29.8 Å². The summed E-state index contributed by atoms with van der Waals surface area (Å²) in [4.78, 5) is 15.2. The van der Waals surface area contributed by atoms with Crippen molar-refractivity contribution >= 4 is 28.7 Å². The van der Waals surface area contributed by atoms with E-state index in [1.807, 2.05) is 6.92 Å². The second-order valence-electron chi connectivity index (χ2n) is 6.33. The molecule has 0 radical (unpaired) electrons. The van der Waals surface area contributed by atoms with Crippen LogP contribution in [-0.4, -0.2) is 16.3 Å². The Morgan fingerprint density at radius 1 is 1.26 bits per heavy atom. The number of aryl methyl sites for hydroxylation is 1. The van der Waals surface area contributed by atoms with Crippen LogP contribution in [0.5, 0.6) is 0 Å². The van der Waals surface area contributed by atoms with Gasteiger partial charge in [0.1, 0.15) is 5.54 Å². The fourth-order valence-corrected chi connectivity index (χ4v) is 3.89. The van der Waals surface area contributed by atoms with Gasteiger partial charge in [0.2, 0.25) is 0 Å². The molecule has 0 spiro atoms. The molecular formula is C19H24N2OS. The Kier molecular flexibility index (Phi) is 5.90. The van der Waals surface area contributed by atoms with E-state index in [-0.39, 0.29) is 5.78 Å². The average molecular weight is 328 g/mol. The van der Waals surface area contributed by atoms with Gasteiger partial charge in [-0.25, -0.2) is 0 Å². The molecule has 0 atom stereocenters. The molecule has 4 heteroatoms. The SMILES string of the molecule is CC(=O)C1(N(C(C)=S)c2ccc(CCCC#N)cc2)CCCC1. The van der Waals surface area contributed by atoms with Crippen molar-refractivity contribution in [1.82, 2.24) is 0 Å². The molecule has 0 N–H and O–H groups in total. The second-order valence-corrected chi connectivity index (χ2v) is 6.92. The van der Waals surface area contributed by atoms with Crippen LogP contribution in [0.2, 0.25) is 0 Å². The van der Waals surface area contributed by atoms with Gasteiger partial charge in [-0.05, 0) is 57.2 Å². The number of carbonyl (C=O) groups excluding carboxylic acids is 1. The Morgan fingerprint density at radius 3 is 2.35 bits per heavy atom. The summed E-state index contributed by atoms with van der Waals surface area (Å²) in [6, 6.07) is 10.5. The minimum absolute atomic E-state index is 0.206. The van der Waals surface area contributed by atoms with Gasteiger partial charge in [-0.1, -0.05) is 37.2 Å². The molecule has 23 heavy (non-hydrogen) atoms. The first kappa shape index (κ1) is 17.6. The summed E-state index contributed by atoms with van der Waals surface area (Å²) in [5.41, 5.74) is 1.75. The highest BCUT2D eigenvalue weighted by atomic mass is 32.1. The van der Waals surface area contributed by atoms with Gasteiger partial charge in [0.05, 0.1) is 11.1 Å². The van der Waals surface area contributed by atoms with E-state index < -0.39 is 5.54 Å². The highest BCUT2D eigenvalue weighted by Gasteiger charge is 2.44. The topological polar surface area (TPSA) is 44.1 Å². The van der Waals surface area contributed by atoms with Crippen molar-refractivity contribution in [3.8, 4) is 6.07 Å². The highest BCUT2D eigenvalue weighted by Crippen LogP contribution is 2.39. The molecule has 1 aromatic rings. The van der Waals surface area contributed by atoms with Crippen LogP contribution in [-0.2, 0) is 11.2 Å². The molecule has 0 amide bonds. The molecule has 0 unspecified atom stereocenters. The lowest BCUT2D eigenvalue weighted by Crippen LogP contribution is -2.54. The molecule has 0 heterocycles. The first-order chi connectivity index (χ1) is 11.0. The largest absolute Gasteiger partial charge is 0.323 e. The van der Waals surface area contributed by atoms with Crippen LogP contribution in [0.4, 0.5) is 5.69 Å². The number of benzene rings is 1. The van der Waals surface area contributed by atoms with E-state index in [0.717, 1.165) is 49.2 Å². The highest BCUT2D eigenvalue weighted by molar-refractivity contribution is 7.80. The first-order valence-corrected chi connectivity index (χ1v) is 8.70. The van der Waals surface area contributed by atoms with E-state index in [0.29, 0.717) is 6.42 Å². The normalized spacial score (nSPS) is 15.9. The summed E-state index contributed by atoms with van der Waals surface area (Å²) in [5, 5.41) is 8.62. The van der Waals surface area contributed by atoms with Crippen molar-refractivity contribution in [2.75, 3.05) is 4.90 Å². The fraction of sp³-hybridized carbons (Fsp3) is 0.526. The number of rotatable bonds is 6. The van der Waals surface area contributed by atoms with Crippen molar-refractivity contribution in [2.24, 2.45) is 0 Å². The molecule has 0 bridgehead atoms. The zero-order valence-corrected chi connectivity index (χ0v) is 14.8. The summed E-state index contributed by atoms with van der Waals surface area (Å²) < 4.78 is 0. The summed E-state index contributed by atoms with van der Waals surface area (Å²) in [5.74, 6) is 0.206. The fourth-order valence-electron chi connectivity index (χ4n) is 3.61. The third-order valence-electron chi connectivity index (χ3n) is 4.78. The zero-order chi connectivity index (χ0) is 16.9. The number of thiocarbonyl (C=S) groups is 1. The van der Waals surface area contributed by atoms with Crippen LogP contribution >= 0.6 is 12.2 Å². The minimum Gasteiger partial charge on any atom is -0.323 e. The maximum atomic E-state index is 12.4. The van der Waals surface area contributed by atoms with Crippen LogP contribution in [0, 0.1) is 11.3 Å². The van der Waals surface area contributed by atoms with Gasteiger partial charge in [0, 0.05) is 12.1 Å². The van der Waals surface area contributed by atoms with E-state index in [1.165, 1.54) is 5.56 Å². The molecule has 1 aliphatic rings. The average Bonchev–Trinajstić information content (AvgIpc) is 3.00. The Hall–Kier alpha value is -1.73. The van der Waals surface area contributed by atoms with Gasteiger partial charge in [-0.2, -0.15) is 5.26 Å². The Labute approximate surface area is 144 Å². The molecule has 122 valence electrons. The van der Waals surface area contributed by atoms with E-state index in [9.17, 15) is 4.79 Å². The zero-order valence-electron chi connectivity index (χ0n) is 14.0. The Morgan fingerprint density at radius 2 is 1.87 bits per heavy atom. The van der Waals surface area contributed by atoms with E-state index in [1.54, 1.807) is 6.92 Å². The molecule has 2 rings (SSSR count). The summed E-state index contributed by atoms with van der Waals surface area (Å²) in [6.07, 6.45) is 6.27. The maximum Gasteiger partial charge on any atom is 0.155 e. The molecule has 1 saturated carbocycles. The molecule has 1 aromatic carbocycles. The van der Waals surface area contributed by atoms with Crippen molar-refractivity contribution in [3.63, 3.8) is 0 Å². The number of ketones is 1. The van der Waals surface area contributed by atoms with Crippen molar-refractivity contribution in [1.29, 1.82) is 5.26 Å². The Balaban J connectivity index is 2.26. The molecular weight excluding hydrogens is 304 g/mol. The van der Waals surface area contributed by atoms with Gasteiger partial charge in [0.15, 0.2) is 5.78 Å². The predicted octanol–water partition coefficient (Wildman–Crippen LogP) is 4.59. The monoisotopic (exact) mass is 328 g/mol. The number of anilines is 1. The molecule has 0 aromatic heterocycles. The van der Waals surface area contributed by atoms with Crippen LogP contribution in [0.3, 0.4) is 0 Å². The van der Waals surface area contributed by atoms with E-state index in [4.69, 9.17) is 17.5 Å². The number of unbranched alkanes of at least 4 members (excludes halogenated alkanes) is 1.